The van der Waals surface area contributed by atoms with E-state index < -0.39 is 0 Å². The smallest absolute Gasteiger partial charge is 0.254 e. The number of nitrogens with zero attached hydrogens (tertiary/aromatic N) is 3. The lowest BCUT2D eigenvalue weighted by atomic mass is 10.2. The number of ether oxygens (including phenoxy) is 1. The largest absolute Gasteiger partial charge is 0.487 e. The molecule has 3 heterocycles. The van der Waals surface area contributed by atoms with E-state index in [1.807, 2.05) is 41.5 Å². The van der Waals surface area contributed by atoms with Crippen molar-refractivity contribution in [3.05, 3.63) is 45.9 Å². The number of nitrogens with one attached hydrogen (secondary N) is 1. The first kappa shape index (κ1) is 23.9. The number of carbonyl (C=O) groups is 1. The van der Waals surface area contributed by atoms with Gasteiger partial charge >= 0.3 is 0 Å². The number of aryl methyl sites for hydroxylation is 1. The van der Waals surface area contributed by atoms with E-state index in [1.54, 1.807) is 11.3 Å². The number of benzene rings is 1. The van der Waals surface area contributed by atoms with Gasteiger partial charge in [-0.1, -0.05) is 6.07 Å². The molecule has 0 aliphatic carbocycles. The van der Waals surface area contributed by atoms with Crippen molar-refractivity contribution in [2.45, 2.75) is 26.0 Å². The minimum Gasteiger partial charge on any atom is -0.487 e. The molecule has 4 rings (SSSR count). The van der Waals surface area contributed by atoms with E-state index in [0.29, 0.717) is 24.0 Å². The highest BCUT2D eigenvalue weighted by Gasteiger charge is 2.31. The maximum absolute atomic E-state index is 12.9. The Kier molecular flexibility index (Phi) is 9.17. The summed E-state index contributed by atoms with van der Waals surface area (Å²) in [5, 5.41) is 6.43. The molecule has 1 aromatic carbocycles. The lowest BCUT2D eigenvalue weighted by molar-refractivity contribution is 0.0773. The third kappa shape index (κ3) is 6.06. The van der Waals surface area contributed by atoms with Gasteiger partial charge in [0.25, 0.3) is 5.91 Å². The number of likely N-dealkylation sites (tertiary alicyclic amines) is 1. The van der Waals surface area contributed by atoms with E-state index in [0.717, 1.165) is 56.4 Å². The predicted octanol–water partition coefficient (Wildman–Crippen LogP) is 2.99. The molecule has 2 saturated heterocycles. The van der Waals surface area contributed by atoms with E-state index >= 15 is 0 Å². The van der Waals surface area contributed by atoms with E-state index in [2.05, 4.69) is 15.2 Å². The van der Waals surface area contributed by atoms with Gasteiger partial charge in [-0.3, -0.25) is 9.69 Å². The fourth-order valence-electron chi connectivity index (χ4n) is 3.80. The van der Waals surface area contributed by atoms with Crippen molar-refractivity contribution in [2.24, 2.45) is 0 Å². The first-order valence-electron chi connectivity index (χ1n) is 9.57. The molecular formula is C20H28Cl2N4O2S. The van der Waals surface area contributed by atoms with Gasteiger partial charge in [0.1, 0.15) is 12.4 Å². The summed E-state index contributed by atoms with van der Waals surface area (Å²) in [6.45, 7) is 8.30. The van der Waals surface area contributed by atoms with Crippen LogP contribution in [0.5, 0.6) is 5.75 Å². The van der Waals surface area contributed by atoms with Crippen molar-refractivity contribution in [1.29, 1.82) is 0 Å². The minimum atomic E-state index is 0. The van der Waals surface area contributed by atoms with Crippen LogP contribution >= 0.6 is 36.2 Å². The molecule has 1 N–H and O–H groups in total. The number of hydrogen-bond acceptors (Lipinski definition) is 6. The monoisotopic (exact) mass is 458 g/mol. The molecule has 2 aliphatic rings. The number of thiazole rings is 1. The Morgan fingerprint density at radius 1 is 1.28 bits per heavy atom. The van der Waals surface area contributed by atoms with Crippen LogP contribution in [0.2, 0.25) is 0 Å². The van der Waals surface area contributed by atoms with E-state index in [1.165, 1.54) is 0 Å². The highest BCUT2D eigenvalue weighted by atomic mass is 35.5. The van der Waals surface area contributed by atoms with Gasteiger partial charge in [0.15, 0.2) is 0 Å². The molecule has 1 aromatic heterocycles. The summed E-state index contributed by atoms with van der Waals surface area (Å²) >= 11 is 1.62. The van der Waals surface area contributed by atoms with Gasteiger partial charge < -0.3 is 15.0 Å². The number of piperazine rings is 1. The van der Waals surface area contributed by atoms with Crippen molar-refractivity contribution in [3.63, 3.8) is 0 Å². The first-order valence-corrected chi connectivity index (χ1v) is 10.4. The van der Waals surface area contributed by atoms with Gasteiger partial charge in [0, 0.05) is 56.3 Å². The molecule has 6 nitrogen and oxygen atoms in total. The van der Waals surface area contributed by atoms with Crippen LogP contribution < -0.4 is 10.1 Å². The zero-order valence-electron chi connectivity index (χ0n) is 16.5. The number of rotatable bonds is 5. The van der Waals surface area contributed by atoms with Crippen molar-refractivity contribution >= 4 is 42.1 Å². The summed E-state index contributed by atoms with van der Waals surface area (Å²) in [5.74, 6) is 0.812. The van der Waals surface area contributed by atoms with Gasteiger partial charge in [-0.05, 0) is 31.5 Å². The van der Waals surface area contributed by atoms with Crippen LogP contribution in [-0.4, -0.2) is 66.0 Å². The Bertz CT molecular complexity index is 798. The van der Waals surface area contributed by atoms with Crippen LogP contribution in [0.25, 0.3) is 0 Å². The summed E-state index contributed by atoms with van der Waals surface area (Å²) in [6, 6.07) is 7.99. The molecule has 2 fully saturated rings. The molecule has 160 valence electrons. The second-order valence-corrected chi connectivity index (χ2v) is 8.22. The number of aromatic nitrogens is 1. The molecule has 2 aromatic rings. The number of amides is 1. The summed E-state index contributed by atoms with van der Waals surface area (Å²) < 4.78 is 5.83. The van der Waals surface area contributed by atoms with E-state index in [4.69, 9.17) is 4.74 Å². The number of carbonyl (C=O) groups excluding carboxylic acids is 1. The normalized spacial score (nSPS) is 19.3. The molecule has 0 spiro atoms. The van der Waals surface area contributed by atoms with Gasteiger partial charge in [0.2, 0.25) is 0 Å². The summed E-state index contributed by atoms with van der Waals surface area (Å²) in [6.07, 6.45) is 1.06. The Labute approximate surface area is 188 Å². The van der Waals surface area contributed by atoms with E-state index in [9.17, 15) is 4.79 Å². The summed E-state index contributed by atoms with van der Waals surface area (Å²) in [5.41, 5.74) is 1.62. The van der Waals surface area contributed by atoms with Gasteiger partial charge in [-0.2, -0.15) is 0 Å². The highest BCUT2D eigenvalue weighted by molar-refractivity contribution is 7.09. The summed E-state index contributed by atoms with van der Waals surface area (Å²) in [4.78, 5) is 21.8. The molecule has 2 aliphatic heterocycles. The highest BCUT2D eigenvalue weighted by Crippen LogP contribution is 2.21. The minimum absolute atomic E-state index is 0. The zero-order valence-corrected chi connectivity index (χ0v) is 19.0. The molecular weight excluding hydrogens is 431 g/mol. The van der Waals surface area contributed by atoms with Gasteiger partial charge in [0.05, 0.1) is 10.7 Å². The van der Waals surface area contributed by atoms with Crippen molar-refractivity contribution in [3.8, 4) is 5.75 Å². The SMILES string of the molecule is Cc1nc(COc2cccc(C(=O)N3CCC(N4CCNCC4)C3)c2)cs1.Cl.Cl. The molecule has 1 atom stereocenters. The maximum Gasteiger partial charge on any atom is 0.254 e. The van der Waals surface area contributed by atoms with Crippen molar-refractivity contribution in [2.75, 3.05) is 39.3 Å². The van der Waals surface area contributed by atoms with Gasteiger partial charge in [-0.25, -0.2) is 4.98 Å². The van der Waals surface area contributed by atoms with Crippen LogP contribution in [0.4, 0.5) is 0 Å². The standard InChI is InChI=1S/C20H26N4O2S.2ClH/c1-15-22-17(14-27-15)13-26-19-4-2-3-16(11-19)20(25)24-8-5-18(12-24)23-9-6-21-7-10-23;;/h2-4,11,14,18,21H,5-10,12-13H2,1H3;2*1H. The van der Waals surface area contributed by atoms with Gasteiger partial charge in [-0.15, -0.1) is 36.2 Å². The van der Waals surface area contributed by atoms with Crippen LogP contribution in [-0.2, 0) is 6.61 Å². The molecule has 1 amide bonds. The second-order valence-electron chi connectivity index (χ2n) is 7.15. The quantitative estimate of drug-likeness (QED) is 0.745. The molecule has 29 heavy (non-hydrogen) atoms. The average Bonchev–Trinajstić information content (AvgIpc) is 3.36. The zero-order chi connectivity index (χ0) is 18.6. The Hall–Kier alpha value is -1.38. The van der Waals surface area contributed by atoms with Crippen molar-refractivity contribution < 1.29 is 9.53 Å². The number of hydrogen-bond donors (Lipinski definition) is 1. The molecule has 0 radical (unpaired) electrons. The Balaban J connectivity index is 0.00000150. The topological polar surface area (TPSA) is 57.7 Å². The Morgan fingerprint density at radius 3 is 2.79 bits per heavy atom. The fourth-order valence-corrected chi connectivity index (χ4v) is 4.40. The molecule has 0 bridgehead atoms. The molecule has 0 saturated carbocycles. The lowest BCUT2D eigenvalue weighted by Crippen LogP contribution is -2.49. The lowest BCUT2D eigenvalue weighted by Gasteiger charge is -2.32. The third-order valence-corrected chi connectivity index (χ3v) is 6.08. The fraction of sp³-hybridized carbons (Fsp3) is 0.500. The molecule has 9 heteroatoms. The third-order valence-electron chi connectivity index (χ3n) is 5.25. The summed E-state index contributed by atoms with van der Waals surface area (Å²) in [7, 11) is 0. The molecule has 1 unspecified atom stereocenters. The first-order chi connectivity index (χ1) is 13.2. The average molecular weight is 459 g/mol. The van der Waals surface area contributed by atoms with Crippen LogP contribution in [0.15, 0.2) is 29.6 Å². The Morgan fingerprint density at radius 2 is 2.07 bits per heavy atom. The number of halogens is 2. The predicted molar refractivity (Wildman–Crippen MR) is 121 cm³/mol. The second kappa shape index (κ2) is 11.1. The van der Waals surface area contributed by atoms with E-state index in [-0.39, 0.29) is 30.7 Å². The van der Waals surface area contributed by atoms with Crippen LogP contribution in [0, 0.1) is 6.92 Å². The van der Waals surface area contributed by atoms with Crippen LogP contribution in [0.1, 0.15) is 27.5 Å². The maximum atomic E-state index is 12.9. The van der Waals surface area contributed by atoms with Crippen molar-refractivity contribution in [1.82, 2.24) is 20.1 Å². The van der Waals surface area contributed by atoms with Crippen LogP contribution in [0.3, 0.4) is 0 Å².